The van der Waals surface area contributed by atoms with Crippen molar-refractivity contribution in [1.29, 1.82) is 0 Å². The molecule has 7 heteroatoms. The van der Waals surface area contributed by atoms with E-state index in [4.69, 9.17) is 16.1 Å². The fourth-order valence-corrected chi connectivity index (χ4v) is 1.20. The van der Waals surface area contributed by atoms with E-state index in [0.717, 1.165) is 0 Å². The summed E-state index contributed by atoms with van der Waals surface area (Å²) in [5.41, 5.74) is 0.130. The molecule has 0 bridgehead atoms. The predicted molar refractivity (Wildman–Crippen MR) is 57.0 cm³/mol. The van der Waals surface area contributed by atoms with E-state index in [9.17, 15) is 4.79 Å². The van der Waals surface area contributed by atoms with Gasteiger partial charge in [-0.1, -0.05) is 12.1 Å². The van der Waals surface area contributed by atoms with Crippen molar-refractivity contribution in [2.75, 3.05) is 0 Å². The average Bonchev–Trinajstić information content (AvgIpc) is 2.78. The first kappa shape index (κ1) is 10.8. The van der Waals surface area contributed by atoms with Gasteiger partial charge in [0.15, 0.2) is 5.82 Å². The van der Waals surface area contributed by atoms with Crippen LogP contribution in [-0.2, 0) is 0 Å². The van der Waals surface area contributed by atoms with Gasteiger partial charge in [0, 0.05) is 6.07 Å². The van der Waals surface area contributed by atoms with E-state index in [1.165, 1.54) is 12.1 Å². The molecule has 0 aliphatic rings. The second-order valence-corrected chi connectivity index (χ2v) is 3.67. The maximum atomic E-state index is 10.8. The minimum absolute atomic E-state index is 0.241. The predicted octanol–water partition coefficient (Wildman–Crippen LogP) is 1.51. The summed E-state index contributed by atoms with van der Waals surface area (Å²) < 4.78 is 4.98. The van der Waals surface area contributed by atoms with Crippen molar-refractivity contribution in [1.82, 2.24) is 20.3 Å². The highest BCUT2D eigenvalue weighted by Gasteiger charge is 2.15. The number of hydrogen-bond acceptors (Lipinski definition) is 5. The van der Waals surface area contributed by atoms with Crippen LogP contribution in [0.5, 0.6) is 0 Å². The molecule has 2 heterocycles. The maximum Gasteiger partial charge on any atom is 0.278 e. The number of alkyl halides is 1. The van der Waals surface area contributed by atoms with E-state index in [1.807, 2.05) is 6.92 Å². The quantitative estimate of drug-likeness (QED) is 0.822. The Balaban J connectivity index is 2.31. The molecule has 1 atom stereocenters. The molecular formula is C9H9ClN4O2. The number of nitrogens with zero attached hydrogens (tertiary/aromatic N) is 3. The van der Waals surface area contributed by atoms with E-state index in [2.05, 4.69) is 20.3 Å². The van der Waals surface area contributed by atoms with Crippen LogP contribution in [0.1, 0.15) is 24.5 Å². The van der Waals surface area contributed by atoms with Crippen molar-refractivity contribution >= 4 is 11.6 Å². The molecule has 0 aromatic carbocycles. The van der Waals surface area contributed by atoms with Gasteiger partial charge in [-0.3, -0.25) is 4.79 Å². The minimum atomic E-state index is -0.285. The summed E-state index contributed by atoms with van der Waals surface area (Å²) in [5.74, 6) is 0.664. The molecule has 0 aliphatic carbocycles. The van der Waals surface area contributed by atoms with E-state index in [0.29, 0.717) is 17.9 Å². The van der Waals surface area contributed by atoms with Gasteiger partial charge in [-0.05, 0) is 12.5 Å². The number of halogens is 1. The number of rotatable bonds is 3. The van der Waals surface area contributed by atoms with Gasteiger partial charge in [0.25, 0.3) is 11.4 Å². The van der Waals surface area contributed by atoms with Crippen LogP contribution in [0.3, 0.4) is 0 Å². The molecule has 0 aliphatic heterocycles. The van der Waals surface area contributed by atoms with E-state index in [-0.39, 0.29) is 16.8 Å². The monoisotopic (exact) mass is 240 g/mol. The van der Waals surface area contributed by atoms with E-state index >= 15 is 0 Å². The van der Waals surface area contributed by atoms with Gasteiger partial charge >= 0.3 is 0 Å². The Labute approximate surface area is 95.6 Å². The molecule has 1 unspecified atom stereocenters. The van der Waals surface area contributed by atoms with E-state index < -0.39 is 0 Å². The number of H-pyrrole nitrogens is 1. The number of hydrogen-bond donors (Lipinski definition) is 1. The Morgan fingerprint density at radius 1 is 1.56 bits per heavy atom. The fraction of sp³-hybridized carbons (Fsp3) is 0.333. The van der Waals surface area contributed by atoms with Crippen LogP contribution in [0.25, 0.3) is 11.6 Å². The summed E-state index contributed by atoms with van der Waals surface area (Å²) >= 11 is 5.95. The van der Waals surface area contributed by atoms with Crippen LogP contribution >= 0.6 is 11.6 Å². The number of aromatic nitrogens is 4. The molecule has 84 valence electrons. The van der Waals surface area contributed by atoms with Crippen molar-refractivity contribution in [3.05, 3.63) is 28.3 Å². The van der Waals surface area contributed by atoms with Crippen LogP contribution in [0, 0.1) is 0 Å². The summed E-state index contributed by atoms with van der Waals surface area (Å²) in [6.45, 7) is 1.92. The zero-order valence-corrected chi connectivity index (χ0v) is 9.23. The van der Waals surface area contributed by atoms with Crippen molar-refractivity contribution in [2.24, 2.45) is 0 Å². The molecule has 6 nitrogen and oxygen atoms in total. The molecule has 0 saturated heterocycles. The summed E-state index contributed by atoms with van der Waals surface area (Å²) in [6, 6.07) is 2.84. The lowest BCUT2D eigenvalue weighted by atomic mass is 10.3. The van der Waals surface area contributed by atoms with Gasteiger partial charge in [0.1, 0.15) is 5.69 Å². The zero-order valence-electron chi connectivity index (χ0n) is 8.48. The van der Waals surface area contributed by atoms with Crippen LogP contribution in [0.2, 0.25) is 0 Å². The molecule has 2 aromatic rings. The Hall–Kier alpha value is -1.69. The Morgan fingerprint density at radius 3 is 3.00 bits per heavy atom. The smallest absolute Gasteiger partial charge is 0.278 e. The molecular weight excluding hydrogens is 232 g/mol. The maximum absolute atomic E-state index is 10.8. The Bertz CT molecular complexity index is 516. The fourth-order valence-electron chi connectivity index (χ4n) is 1.11. The molecule has 0 fully saturated rings. The first-order valence-corrected chi connectivity index (χ1v) is 5.18. The zero-order chi connectivity index (χ0) is 11.5. The summed E-state index contributed by atoms with van der Waals surface area (Å²) in [5, 5.41) is 9.51. The van der Waals surface area contributed by atoms with Crippen molar-refractivity contribution in [2.45, 2.75) is 18.7 Å². The minimum Gasteiger partial charge on any atom is -0.332 e. The van der Waals surface area contributed by atoms with Crippen molar-refractivity contribution in [3.63, 3.8) is 0 Å². The lowest BCUT2D eigenvalue weighted by Gasteiger charge is -1.96. The second kappa shape index (κ2) is 4.44. The largest absolute Gasteiger partial charge is 0.332 e. The Kier molecular flexibility index (Phi) is 3.00. The van der Waals surface area contributed by atoms with Gasteiger partial charge in [0.05, 0.1) is 5.38 Å². The van der Waals surface area contributed by atoms with Crippen molar-refractivity contribution < 1.29 is 4.52 Å². The summed E-state index contributed by atoms with van der Waals surface area (Å²) in [4.78, 5) is 14.9. The number of aromatic amines is 1. The standard InChI is InChI=1S/C9H9ClN4O2/c1-2-5(10)8-11-9(16-14-8)6-3-4-7(15)13-12-6/h3-5H,2H2,1H3,(H,13,15). The van der Waals surface area contributed by atoms with Gasteiger partial charge in [-0.15, -0.1) is 11.6 Å². The summed E-state index contributed by atoms with van der Waals surface area (Å²) in [7, 11) is 0. The lowest BCUT2D eigenvalue weighted by Crippen LogP contribution is -2.05. The van der Waals surface area contributed by atoms with Gasteiger partial charge in [0.2, 0.25) is 0 Å². The average molecular weight is 241 g/mol. The first-order valence-electron chi connectivity index (χ1n) is 4.74. The van der Waals surface area contributed by atoms with Gasteiger partial charge in [-0.25, -0.2) is 5.10 Å². The summed E-state index contributed by atoms with van der Waals surface area (Å²) in [6.07, 6.45) is 0.708. The first-order chi connectivity index (χ1) is 7.70. The highest BCUT2D eigenvalue weighted by atomic mass is 35.5. The SMILES string of the molecule is CCC(Cl)c1noc(-c2ccc(=O)[nH]n2)n1. The van der Waals surface area contributed by atoms with Gasteiger partial charge in [-0.2, -0.15) is 10.1 Å². The molecule has 2 aromatic heterocycles. The van der Waals surface area contributed by atoms with Crippen LogP contribution < -0.4 is 5.56 Å². The molecule has 0 spiro atoms. The molecule has 0 saturated carbocycles. The normalized spacial score (nSPS) is 12.6. The molecule has 16 heavy (non-hydrogen) atoms. The Morgan fingerprint density at radius 2 is 2.38 bits per heavy atom. The number of nitrogens with one attached hydrogen (secondary N) is 1. The highest BCUT2D eigenvalue weighted by Crippen LogP contribution is 2.22. The molecule has 1 N–H and O–H groups in total. The highest BCUT2D eigenvalue weighted by molar-refractivity contribution is 6.20. The van der Waals surface area contributed by atoms with Gasteiger partial charge < -0.3 is 4.52 Å². The molecule has 0 amide bonds. The second-order valence-electron chi connectivity index (χ2n) is 3.14. The third kappa shape index (κ3) is 2.11. The lowest BCUT2D eigenvalue weighted by molar-refractivity contribution is 0.419. The third-order valence-electron chi connectivity index (χ3n) is 1.98. The molecule has 2 rings (SSSR count). The van der Waals surface area contributed by atoms with E-state index in [1.54, 1.807) is 0 Å². The van der Waals surface area contributed by atoms with Crippen LogP contribution in [0.4, 0.5) is 0 Å². The van der Waals surface area contributed by atoms with Crippen molar-refractivity contribution in [3.8, 4) is 11.6 Å². The van der Waals surface area contributed by atoms with Crippen LogP contribution in [0.15, 0.2) is 21.5 Å². The molecule has 0 radical (unpaired) electrons. The topological polar surface area (TPSA) is 84.7 Å². The third-order valence-corrected chi connectivity index (χ3v) is 2.48. The van der Waals surface area contributed by atoms with Crippen LogP contribution in [-0.4, -0.2) is 20.3 Å².